The molecule has 0 spiro atoms. The van der Waals surface area contributed by atoms with Gasteiger partial charge in [-0.25, -0.2) is 14.7 Å². The molecule has 5 nitrogen and oxygen atoms in total. The van der Waals surface area contributed by atoms with Crippen LogP contribution in [0.2, 0.25) is 0 Å². The SMILES string of the molecule is Cc1nc(C2CCCC2)n2c1C(=O)CN(C)N2. The van der Waals surface area contributed by atoms with Crippen LogP contribution in [0.3, 0.4) is 0 Å². The first kappa shape index (κ1) is 10.8. The van der Waals surface area contributed by atoms with Gasteiger partial charge in [-0.05, 0) is 19.8 Å². The van der Waals surface area contributed by atoms with E-state index in [0.29, 0.717) is 12.5 Å². The third-order valence-corrected chi connectivity index (χ3v) is 3.71. The number of ketones is 1. The molecule has 1 fully saturated rings. The summed E-state index contributed by atoms with van der Waals surface area (Å²) in [6.45, 7) is 2.34. The third kappa shape index (κ3) is 1.65. The van der Waals surface area contributed by atoms with Crippen LogP contribution in [0.1, 0.15) is 53.6 Å². The van der Waals surface area contributed by atoms with Crippen LogP contribution < -0.4 is 5.53 Å². The molecule has 0 saturated heterocycles. The predicted molar refractivity (Wildman–Crippen MR) is 64.5 cm³/mol. The summed E-state index contributed by atoms with van der Waals surface area (Å²) in [7, 11) is 1.88. The molecule has 1 aromatic rings. The van der Waals surface area contributed by atoms with Crippen LogP contribution in [0.4, 0.5) is 0 Å². The van der Waals surface area contributed by atoms with Crippen molar-refractivity contribution in [2.24, 2.45) is 0 Å². The lowest BCUT2D eigenvalue weighted by Gasteiger charge is -2.27. The van der Waals surface area contributed by atoms with Crippen LogP contribution in [0.25, 0.3) is 0 Å². The van der Waals surface area contributed by atoms with E-state index in [1.165, 1.54) is 25.7 Å². The largest absolute Gasteiger partial charge is 0.291 e. The number of likely N-dealkylation sites (N-methyl/N-ethyl adjacent to an activating group) is 1. The van der Waals surface area contributed by atoms with Crippen molar-refractivity contribution in [3.8, 4) is 0 Å². The molecule has 1 aliphatic carbocycles. The molecule has 1 aromatic heterocycles. The number of carbonyl (C=O) groups is 1. The lowest BCUT2D eigenvalue weighted by atomic mass is 10.1. The second-order valence-electron chi connectivity index (χ2n) is 5.10. The fraction of sp³-hybridized carbons (Fsp3) is 0.667. The maximum atomic E-state index is 12.0. The molecule has 0 bridgehead atoms. The molecular weight excluding hydrogens is 216 g/mol. The highest BCUT2D eigenvalue weighted by Crippen LogP contribution is 2.34. The Morgan fingerprint density at radius 1 is 1.35 bits per heavy atom. The van der Waals surface area contributed by atoms with Gasteiger partial charge in [0.2, 0.25) is 0 Å². The zero-order chi connectivity index (χ0) is 12.0. The summed E-state index contributed by atoms with van der Waals surface area (Å²) in [6.07, 6.45) is 4.93. The smallest absolute Gasteiger partial charge is 0.199 e. The van der Waals surface area contributed by atoms with Crippen molar-refractivity contribution >= 4 is 5.78 Å². The molecule has 1 aliphatic heterocycles. The first-order valence-electron chi connectivity index (χ1n) is 6.27. The van der Waals surface area contributed by atoms with Gasteiger partial charge in [-0.3, -0.25) is 10.3 Å². The van der Waals surface area contributed by atoms with Gasteiger partial charge in [0.15, 0.2) is 5.78 Å². The number of nitrogens with zero attached hydrogens (tertiary/aromatic N) is 3. The van der Waals surface area contributed by atoms with E-state index in [0.717, 1.165) is 17.2 Å². The highest BCUT2D eigenvalue weighted by Gasteiger charge is 2.31. The van der Waals surface area contributed by atoms with Crippen LogP contribution in [-0.4, -0.2) is 34.0 Å². The predicted octanol–water partition coefficient (Wildman–Crippen LogP) is 1.44. The van der Waals surface area contributed by atoms with Gasteiger partial charge in [-0.1, -0.05) is 12.8 Å². The summed E-state index contributed by atoms with van der Waals surface area (Å²) in [4.78, 5) is 16.6. The molecule has 92 valence electrons. The normalized spacial score (nSPS) is 21.6. The maximum absolute atomic E-state index is 12.0. The van der Waals surface area contributed by atoms with Gasteiger partial charge in [-0.15, -0.1) is 0 Å². The summed E-state index contributed by atoms with van der Waals surface area (Å²) in [5, 5.41) is 1.81. The van der Waals surface area contributed by atoms with E-state index in [-0.39, 0.29) is 5.78 Å². The average Bonchev–Trinajstić information content (AvgIpc) is 2.85. The van der Waals surface area contributed by atoms with E-state index < -0.39 is 0 Å². The summed E-state index contributed by atoms with van der Waals surface area (Å²) >= 11 is 0. The number of hydrogen-bond donors (Lipinski definition) is 1. The van der Waals surface area contributed by atoms with Gasteiger partial charge in [0, 0.05) is 13.0 Å². The second-order valence-corrected chi connectivity index (χ2v) is 5.10. The molecular formula is C12H18N4O. The first-order valence-corrected chi connectivity index (χ1v) is 6.27. The third-order valence-electron chi connectivity index (χ3n) is 3.71. The molecule has 1 saturated carbocycles. The number of fused-ring (bicyclic) bond motifs is 1. The molecule has 0 radical (unpaired) electrons. The lowest BCUT2D eigenvalue weighted by Crippen LogP contribution is -2.44. The van der Waals surface area contributed by atoms with Gasteiger partial charge >= 0.3 is 0 Å². The van der Waals surface area contributed by atoms with Crippen LogP contribution in [0, 0.1) is 6.92 Å². The van der Waals surface area contributed by atoms with Crippen LogP contribution in [-0.2, 0) is 0 Å². The Balaban J connectivity index is 2.06. The molecule has 0 unspecified atom stereocenters. The number of hydrazine groups is 1. The van der Waals surface area contributed by atoms with E-state index >= 15 is 0 Å². The summed E-state index contributed by atoms with van der Waals surface area (Å²) in [6, 6.07) is 0. The monoisotopic (exact) mass is 234 g/mol. The van der Waals surface area contributed by atoms with E-state index in [1.807, 2.05) is 23.7 Å². The van der Waals surface area contributed by atoms with Crippen molar-refractivity contribution in [2.45, 2.75) is 38.5 Å². The van der Waals surface area contributed by atoms with Gasteiger partial charge in [-0.2, -0.15) is 0 Å². The van der Waals surface area contributed by atoms with Crippen LogP contribution >= 0.6 is 0 Å². The van der Waals surface area contributed by atoms with Gasteiger partial charge in [0.1, 0.15) is 11.5 Å². The van der Waals surface area contributed by atoms with Crippen molar-refractivity contribution in [1.82, 2.24) is 14.7 Å². The molecule has 3 rings (SSSR count). The zero-order valence-electron chi connectivity index (χ0n) is 10.4. The van der Waals surface area contributed by atoms with Gasteiger partial charge in [0.05, 0.1) is 12.2 Å². The van der Waals surface area contributed by atoms with Crippen molar-refractivity contribution in [1.29, 1.82) is 0 Å². The highest BCUT2D eigenvalue weighted by atomic mass is 16.1. The second kappa shape index (κ2) is 3.84. The number of aryl methyl sites for hydroxylation is 1. The van der Waals surface area contributed by atoms with E-state index in [2.05, 4.69) is 10.5 Å². The van der Waals surface area contributed by atoms with Crippen LogP contribution in [0.5, 0.6) is 0 Å². The Kier molecular flexibility index (Phi) is 2.43. The fourth-order valence-corrected chi connectivity index (χ4v) is 2.93. The van der Waals surface area contributed by atoms with Crippen molar-refractivity contribution in [3.05, 3.63) is 17.2 Å². The Labute approximate surface area is 101 Å². The van der Waals surface area contributed by atoms with E-state index in [9.17, 15) is 4.79 Å². The Morgan fingerprint density at radius 3 is 2.76 bits per heavy atom. The number of carbonyl (C=O) groups excluding carboxylic acids is 1. The van der Waals surface area contributed by atoms with Gasteiger partial charge < -0.3 is 0 Å². The summed E-state index contributed by atoms with van der Waals surface area (Å²) < 4.78 is 1.90. The molecule has 2 aliphatic rings. The first-order chi connectivity index (χ1) is 8.16. The minimum atomic E-state index is 0.153. The van der Waals surface area contributed by atoms with E-state index in [1.54, 1.807) is 0 Å². The summed E-state index contributed by atoms with van der Waals surface area (Å²) in [5.41, 5.74) is 4.82. The van der Waals surface area contributed by atoms with Gasteiger partial charge in [0.25, 0.3) is 0 Å². The molecule has 2 heterocycles. The van der Waals surface area contributed by atoms with Crippen LogP contribution in [0.15, 0.2) is 0 Å². The quantitative estimate of drug-likeness (QED) is 0.798. The molecule has 5 heteroatoms. The number of hydrogen-bond acceptors (Lipinski definition) is 4. The molecule has 0 amide bonds. The number of nitrogens with one attached hydrogen (secondary N) is 1. The van der Waals surface area contributed by atoms with Crippen molar-refractivity contribution in [3.63, 3.8) is 0 Å². The molecule has 1 N–H and O–H groups in total. The number of imidazole rings is 1. The van der Waals surface area contributed by atoms with Crippen molar-refractivity contribution < 1.29 is 4.79 Å². The minimum absolute atomic E-state index is 0.153. The Bertz CT molecular complexity index is 459. The number of rotatable bonds is 1. The summed E-state index contributed by atoms with van der Waals surface area (Å²) in [5.74, 6) is 1.70. The average molecular weight is 234 g/mol. The topological polar surface area (TPSA) is 50.2 Å². The molecule has 17 heavy (non-hydrogen) atoms. The maximum Gasteiger partial charge on any atom is 0.199 e. The molecule has 0 atom stereocenters. The highest BCUT2D eigenvalue weighted by molar-refractivity contribution is 5.98. The Hall–Kier alpha value is -1.36. The standard InChI is InChI=1S/C12H18N4O/c1-8-11-10(17)7-15(2)14-16(11)12(13-8)9-5-3-4-6-9/h9,14H,3-7H2,1-2H3. The minimum Gasteiger partial charge on any atom is -0.291 e. The van der Waals surface area contributed by atoms with Crippen molar-refractivity contribution in [2.75, 3.05) is 19.1 Å². The number of Topliss-reactive ketones (excluding diaryl/α,β-unsaturated/α-hetero) is 1. The molecule has 0 aromatic carbocycles. The van der Waals surface area contributed by atoms with E-state index in [4.69, 9.17) is 0 Å². The zero-order valence-corrected chi connectivity index (χ0v) is 10.4. The lowest BCUT2D eigenvalue weighted by molar-refractivity contribution is 0.0913. The number of aromatic nitrogens is 2. The Morgan fingerprint density at radius 2 is 2.06 bits per heavy atom. The fourth-order valence-electron chi connectivity index (χ4n) is 2.93.